The molecule has 1 amide bonds. The van der Waals surface area contributed by atoms with Crippen LogP contribution in [0.15, 0.2) is 9.59 Å². The van der Waals surface area contributed by atoms with Crippen LogP contribution in [0.1, 0.15) is 19.3 Å². The Morgan fingerprint density at radius 1 is 1.30 bits per heavy atom. The van der Waals surface area contributed by atoms with Gasteiger partial charge in [0, 0.05) is 20.1 Å². The van der Waals surface area contributed by atoms with Gasteiger partial charge in [-0.05, 0) is 19.3 Å². The number of nitrogens with zero attached hydrogens (tertiary/aromatic N) is 2. The Kier molecular flexibility index (Phi) is 4.11. The lowest BCUT2D eigenvalue weighted by molar-refractivity contribution is -0.130. The highest BCUT2D eigenvalue weighted by Gasteiger charge is 2.17. The number of rotatable bonds is 3. The maximum absolute atomic E-state index is 12.0. The molecule has 0 bridgehead atoms. The van der Waals surface area contributed by atoms with E-state index >= 15 is 0 Å². The summed E-state index contributed by atoms with van der Waals surface area (Å²) in [6, 6.07) is 0. The van der Waals surface area contributed by atoms with Crippen LogP contribution in [0, 0.1) is 0 Å². The van der Waals surface area contributed by atoms with Crippen molar-refractivity contribution in [2.24, 2.45) is 7.05 Å². The lowest BCUT2D eigenvalue weighted by Crippen LogP contribution is -2.40. The van der Waals surface area contributed by atoms with Crippen LogP contribution in [0.4, 0.5) is 11.5 Å². The Hall–Kier alpha value is -2.25. The van der Waals surface area contributed by atoms with E-state index in [9.17, 15) is 14.4 Å². The van der Waals surface area contributed by atoms with Gasteiger partial charge >= 0.3 is 5.69 Å². The summed E-state index contributed by atoms with van der Waals surface area (Å²) in [5.41, 5.74) is 4.56. The number of hydrogen-bond donors (Lipinski definition) is 3. The van der Waals surface area contributed by atoms with Gasteiger partial charge in [0.2, 0.25) is 5.91 Å². The molecule has 1 aliphatic heterocycles. The van der Waals surface area contributed by atoms with Gasteiger partial charge in [-0.2, -0.15) is 0 Å². The highest BCUT2D eigenvalue weighted by Crippen LogP contribution is 2.11. The highest BCUT2D eigenvalue weighted by molar-refractivity contribution is 5.81. The molecule has 1 saturated heterocycles. The first-order valence-corrected chi connectivity index (χ1v) is 6.61. The average molecular weight is 281 g/mol. The summed E-state index contributed by atoms with van der Waals surface area (Å²) in [5, 5.41) is 2.73. The summed E-state index contributed by atoms with van der Waals surface area (Å²) in [6.07, 6.45) is 3.16. The van der Waals surface area contributed by atoms with Gasteiger partial charge < -0.3 is 16.0 Å². The quantitative estimate of drug-likeness (QED) is 0.663. The first-order valence-electron chi connectivity index (χ1n) is 6.61. The van der Waals surface area contributed by atoms with Crippen molar-refractivity contribution in [2.45, 2.75) is 19.3 Å². The molecule has 2 rings (SSSR count). The summed E-state index contributed by atoms with van der Waals surface area (Å²) in [5.74, 6) is -0.0532. The molecule has 0 unspecified atom stereocenters. The molecule has 110 valence electrons. The van der Waals surface area contributed by atoms with E-state index in [0.29, 0.717) is 0 Å². The van der Waals surface area contributed by atoms with Crippen molar-refractivity contribution in [3.05, 3.63) is 20.8 Å². The molecular weight excluding hydrogens is 262 g/mol. The molecule has 2 heterocycles. The van der Waals surface area contributed by atoms with E-state index in [1.165, 1.54) is 7.05 Å². The molecule has 0 aromatic carbocycles. The molecule has 8 heteroatoms. The van der Waals surface area contributed by atoms with Crippen LogP contribution in [-0.4, -0.2) is 40.0 Å². The van der Waals surface area contributed by atoms with Gasteiger partial charge in [0.05, 0.1) is 6.54 Å². The van der Waals surface area contributed by atoms with Gasteiger partial charge in [0.15, 0.2) is 0 Å². The van der Waals surface area contributed by atoms with Gasteiger partial charge in [0.25, 0.3) is 5.56 Å². The van der Waals surface area contributed by atoms with Gasteiger partial charge in [-0.3, -0.25) is 19.1 Å². The van der Waals surface area contributed by atoms with Gasteiger partial charge in [-0.1, -0.05) is 0 Å². The number of anilines is 2. The van der Waals surface area contributed by atoms with Gasteiger partial charge in [-0.15, -0.1) is 0 Å². The van der Waals surface area contributed by atoms with E-state index in [2.05, 4.69) is 10.3 Å². The molecule has 1 aliphatic rings. The first kappa shape index (κ1) is 14.2. The number of piperidine rings is 1. The zero-order valence-electron chi connectivity index (χ0n) is 11.4. The SMILES string of the molecule is Cn1c(N)c(NCC(=O)N2CCCCC2)c(=O)[nH]c1=O. The second kappa shape index (κ2) is 5.81. The third-order valence-electron chi connectivity index (χ3n) is 3.49. The molecule has 1 fully saturated rings. The Morgan fingerprint density at radius 2 is 1.95 bits per heavy atom. The molecule has 0 atom stereocenters. The fraction of sp³-hybridized carbons (Fsp3) is 0.583. The summed E-state index contributed by atoms with van der Waals surface area (Å²) in [4.78, 5) is 38.9. The van der Waals surface area contributed by atoms with Crippen molar-refractivity contribution in [2.75, 3.05) is 30.7 Å². The number of H-pyrrole nitrogens is 1. The first-order chi connectivity index (χ1) is 9.50. The van der Waals surface area contributed by atoms with Crippen LogP contribution < -0.4 is 22.3 Å². The standard InChI is InChI=1S/C12H19N5O3/c1-16-10(13)9(11(19)15-12(16)20)14-7-8(18)17-5-3-2-4-6-17/h14H,2-7,13H2,1H3,(H,15,19,20). The zero-order chi connectivity index (χ0) is 14.7. The van der Waals surface area contributed by atoms with Gasteiger partial charge in [0.1, 0.15) is 11.5 Å². The summed E-state index contributed by atoms with van der Waals surface area (Å²) in [7, 11) is 1.45. The Labute approximate surface area is 115 Å². The smallest absolute Gasteiger partial charge is 0.329 e. The van der Waals surface area contributed by atoms with Crippen molar-refractivity contribution < 1.29 is 4.79 Å². The largest absolute Gasteiger partial charge is 0.383 e. The Bertz CT molecular complexity index is 612. The number of aromatic amines is 1. The predicted octanol–water partition coefficient (Wildman–Crippen LogP) is -0.920. The number of hydrogen-bond acceptors (Lipinski definition) is 5. The summed E-state index contributed by atoms with van der Waals surface area (Å²) >= 11 is 0. The van der Waals surface area contributed by atoms with Crippen LogP contribution in [0.25, 0.3) is 0 Å². The van der Waals surface area contributed by atoms with E-state index in [4.69, 9.17) is 5.73 Å². The topological polar surface area (TPSA) is 113 Å². The van der Waals surface area contributed by atoms with Crippen molar-refractivity contribution in [1.29, 1.82) is 0 Å². The Morgan fingerprint density at radius 3 is 2.60 bits per heavy atom. The third-order valence-corrected chi connectivity index (χ3v) is 3.49. The lowest BCUT2D eigenvalue weighted by Gasteiger charge is -2.26. The van der Waals surface area contributed by atoms with E-state index in [1.807, 2.05) is 0 Å². The van der Waals surface area contributed by atoms with Crippen molar-refractivity contribution in [1.82, 2.24) is 14.5 Å². The van der Waals surface area contributed by atoms with Crippen molar-refractivity contribution in [3.8, 4) is 0 Å². The predicted molar refractivity (Wildman–Crippen MR) is 75.6 cm³/mol. The fourth-order valence-corrected chi connectivity index (χ4v) is 2.23. The number of nitrogens with one attached hydrogen (secondary N) is 2. The molecule has 1 aromatic heterocycles. The number of carbonyl (C=O) groups excluding carboxylic acids is 1. The van der Waals surface area contributed by atoms with E-state index in [0.717, 1.165) is 36.9 Å². The number of aromatic nitrogens is 2. The van der Waals surface area contributed by atoms with E-state index < -0.39 is 11.2 Å². The van der Waals surface area contributed by atoms with Crippen LogP contribution in [-0.2, 0) is 11.8 Å². The minimum absolute atomic E-state index is 0.00845. The maximum atomic E-state index is 12.0. The van der Waals surface area contributed by atoms with E-state index in [-0.39, 0.29) is 24.0 Å². The number of likely N-dealkylation sites (tertiary alicyclic amines) is 1. The third kappa shape index (κ3) is 2.84. The molecule has 20 heavy (non-hydrogen) atoms. The molecule has 1 aromatic rings. The maximum Gasteiger partial charge on any atom is 0.329 e. The van der Waals surface area contributed by atoms with Crippen molar-refractivity contribution in [3.63, 3.8) is 0 Å². The normalized spacial score (nSPS) is 15.2. The number of carbonyl (C=O) groups is 1. The van der Waals surface area contributed by atoms with Crippen LogP contribution in [0.3, 0.4) is 0 Å². The minimum Gasteiger partial charge on any atom is -0.383 e. The molecule has 0 aliphatic carbocycles. The molecule has 0 radical (unpaired) electrons. The van der Waals surface area contributed by atoms with E-state index in [1.54, 1.807) is 4.90 Å². The summed E-state index contributed by atoms with van der Waals surface area (Å²) in [6.45, 7) is 1.49. The minimum atomic E-state index is -0.614. The monoisotopic (exact) mass is 281 g/mol. The highest BCUT2D eigenvalue weighted by atomic mass is 16.2. The van der Waals surface area contributed by atoms with Gasteiger partial charge in [-0.25, -0.2) is 4.79 Å². The van der Waals surface area contributed by atoms with Crippen LogP contribution >= 0.6 is 0 Å². The number of nitrogen functional groups attached to an aromatic ring is 1. The molecule has 4 N–H and O–H groups in total. The van der Waals surface area contributed by atoms with Crippen LogP contribution in [0.5, 0.6) is 0 Å². The number of nitrogens with two attached hydrogens (primary N) is 1. The zero-order valence-corrected chi connectivity index (χ0v) is 11.4. The Balaban J connectivity index is 2.07. The molecule has 8 nitrogen and oxygen atoms in total. The number of amides is 1. The van der Waals surface area contributed by atoms with Crippen LogP contribution in [0.2, 0.25) is 0 Å². The second-order valence-corrected chi connectivity index (χ2v) is 4.87. The lowest BCUT2D eigenvalue weighted by atomic mass is 10.1. The molecule has 0 spiro atoms. The second-order valence-electron chi connectivity index (χ2n) is 4.87. The fourth-order valence-electron chi connectivity index (χ4n) is 2.23. The molecule has 0 saturated carbocycles. The molecular formula is C12H19N5O3. The average Bonchev–Trinajstić information content (AvgIpc) is 2.45. The van der Waals surface area contributed by atoms with Crippen molar-refractivity contribution >= 4 is 17.4 Å². The summed E-state index contributed by atoms with van der Waals surface area (Å²) < 4.78 is 1.12.